The minimum Gasteiger partial charge on any atom is -0.504 e. The highest BCUT2D eigenvalue weighted by Crippen LogP contribution is 2.48. The van der Waals surface area contributed by atoms with Crippen LogP contribution >= 0.6 is 0 Å². The molecule has 1 aliphatic carbocycles. The van der Waals surface area contributed by atoms with Crippen LogP contribution in [0.1, 0.15) is 32.3 Å². The Hall–Kier alpha value is -2.14. The van der Waals surface area contributed by atoms with Gasteiger partial charge in [-0.25, -0.2) is 4.39 Å². The summed E-state index contributed by atoms with van der Waals surface area (Å²) in [6, 6.07) is 2.62. The fourth-order valence-electron chi connectivity index (χ4n) is 4.41. The highest BCUT2D eigenvalue weighted by Gasteiger charge is 2.50. The molecule has 0 amide bonds. The molecule has 1 aromatic rings. The molecule has 0 bridgehead atoms. The molecular formula is C22H27FO4. The highest BCUT2D eigenvalue weighted by molar-refractivity contribution is 5.94. The molecule has 4 atom stereocenters. The summed E-state index contributed by atoms with van der Waals surface area (Å²) in [5, 5.41) is 10.0. The van der Waals surface area contributed by atoms with Gasteiger partial charge in [0.25, 0.3) is 0 Å². The second kappa shape index (κ2) is 7.47. The van der Waals surface area contributed by atoms with Crippen LogP contribution in [-0.4, -0.2) is 30.2 Å². The number of phenols is 1. The van der Waals surface area contributed by atoms with Crippen LogP contribution < -0.4 is 4.74 Å². The summed E-state index contributed by atoms with van der Waals surface area (Å²) in [5.41, 5.74) is 0.846. The van der Waals surface area contributed by atoms with Gasteiger partial charge in [0, 0.05) is 12.0 Å². The number of halogens is 1. The Bertz CT molecular complexity index is 785. The quantitative estimate of drug-likeness (QED) is 0.758. The van der Waals surface area contributed by atoms with Crippen LogP contribution in [-0.2, 0) is 16.0 Å². The maximum absolute atomic E-state index is 14.5. The second-order valence-corrected chi connectivity index (χ2v) is 7.69. The number of hydrogen-bond acceptors (Lipinski definition) is 4. The van der Waals surface area contributed by atoms with Gasteiger partial charge in [-0.05, 0) is 54.4 Å². The van der Waals surface area contributed by atoms with Crippen molar-refractivity contribution in [2.75, 3.05) is 13.7 Å². The number of carbonyl (C=O) groups is 1. The molecule has 1 saturated heterocycles. The van der Waals surface area contributed by atoms with E-state index in [1.54, 1.807) is 12.2 Å². The van der Waals surface area contributed by atoms with Crippen molar-refractivity contribution in [3.8, 4) is 11.5 Å². The number of aromatic hydroxyl groups is 1. The van der Waals surface area contributed by atoms with Gasteiger partial charge in [0.1, 0.15) is 5.82 Å². The zero-order valence-corrected chi connectivity index (χ0v) is 16.1. The van der Waals surface area contributed by atoms with Gasteiger partial charge in [-0.15, -0.1) is 6.58 Å². The largest absolute Gasteiger partial charge is 0.504 e. The van der Waals surface area contributed by atoms with E-state index in [2.05, 4.69) is 6.58 Å². The van der Waals surface area contributed by atoms with E-state index in [0.717, 1.165) is 12.0 Å². The summed E-state index contributed by atoms with van der Waals surface area (Å²) < 4.78 is 25.7. The van der Waals surface area contributed by atoms with E-state index in [1.807, 2.05) is 13.8 Å². The van der Waals surface area contributed by atoms with Crippen LogP contribution in [0.3, 0.4) is 0 Å². The van der Waals surface area contributed by atoms with Crippen molar-refractivity contribution in [2.45, 2.75) is 38.7 Å². The molecule has 0 spiro atoms. The van der Waals surface area contributed by atoms with E-state index >= 15 is 0 Å². The van der Waals surface area contributed by atoms with Crippen molar-refractivity contribution in [3.63, 3.8) is 0 Å². The normalized spacial score (nSPS) is 26.9. The van der Waals surface area contributed by atoms with Crippen LogP contribution in [0.5, 0.6) is 11.5 Å². The maximum Gasteiger partial charge on any atom is 0.163 e. The molecule has 2 aliphatic rings. The number of carbonyl (C=O) groups excluding carboxylic acids is 1. The number of fused-ring (bicyclic) bond motifs is 1. The number of ketones is 1. The first kappa shape index (κ1) is 19.6. The topological polar surface area (TPSA) is 55.8 Å². The zero-order valence-electron chi connectivity index (χ0n) is 16.1. The molecule has 4 nitrogen and oxygen atoms in total. The van der Waals surface area contributed by atoms with E-state index in [-0.39, 0.29) is 35.0 Å². The first-order chi connectivity index (χ1) is 12.8. The van der Waals surface area contributed by atoms with Gasteiger partial charge < -0.3 is 14.6 Å². The molecule has 1 fully saturated rings. The molecule has 1 N–H and O–H groups in total. The van der Waals surface area contributed by atoms with Crippen molar-refractivity contribution >= 4 is 5.78 Å². The van der Waals surface area contributed by atoms with Crippen molar-refractivity contribution in [1.29, 1.82) is 0 Å². The SMILES string of the molecule is C=CC(C)[C@H]1C[C@]2([C@H](C)Cc3cc(O)c(OC)cc3F)OCCC2=CC1=O. The number of phenolic OH excluding ortho intramolecular Hbond substituents is 1. The van der Waals surface area contributed by atoms with Gasteiger partial charge in [0.05, 0.1) is 19.3 Å². The van der Waals surface area contributed by atoms with Crippen molar-refractivity contribution in [3.05, 3.63) is 47.8 Å². The Morgan fingerprint density at radius 3 is 2.89 bits per heavy atom. The lowest BCUT2D eigenvalue weighted by Gasteiger charge is -2.42. The minimum absolute atomic E-state index is 0.0466. The molecule has 1 unspecified atom stereocenters. The van der Waals surface area contributed by atoms with E-state index in [9.17, 15) is 14.3 Å². The highest BCUT2D eigenvalue weighted by atomic mass is 19.1. The standard InChI is InChI=1S/C22H27FO4/c1-5-13(2)17-12-22(16(6-7-27-22)10-19(17)24)14(3)8-15-9-20(25)21(26-4)11-18(15)23/h5,9-11,13-14,17,25H,1,6-8,12H2,2-4H3/t13?,14-,17-,22-/m1/s1. The van der Waals surface area contributed by atoms with Gasteiger partial charge >= 0.3 is 0 Å². The first-order valence-corrected chi connectivity index (χ1v) is 9.39. The van der Waals surface area contributed by atoms with Gasteiger partial charge in [-0.3, -0.25) is 4.79 Å². The van der Waals surface area contributed by atoms with Gasteiger partial charge in [0.15, 0.2) is 17.3 Å². The summed E-state index contributed by atoms with van der Waals surface area (Å²) in [7, 11) is 1.39. The van der Waals surface area contributed by atoms with Crippen molar-refractivity contribution in [2.24, 2.45) is 17.8 Å². The summed E-state index contributed by atoms with van der Waals surface area (Å²) in [6.07, 6.45) is 5.23. The average Bonchev–Trinajstić information content (AvgIpc) is 3.06. The maximum atomic E-state index is 14.5. The number of hydrogen-bond donors (Lipinski definition) is 1. The van der Waals surface area contributed by atoms with Gasteiger partial charge in [0.2, 0.25) is 0 Å². The molecule has 1 aromatic carbocycles. The molecule has 146 valence electrons. The van der Waals surface area contributed by atoms with Crippen molar-refractivity contribution < 1.29 is 23.8 Å². The van der Waals surface area contributed by atoms with E-state index in [4.69, 9.17) is 9.47 Å². The summed E-state index contributed by atoms with van der Waals surface area (Å²) >= 11 is 0. The van der Waals surface area contributed by atoms with Crippen molar-refractivity contribution in [1.82, 2.24) is 0 Å². The molecule has 0 aromatic heterocycles. The van der Waals surface area contributed by atoms with Gasteiger partial charge in [-0.1, -0.05) is 19.9 Å². The average molecular weight is 374 g/mol. The molecule has 0 radical (unpaired) electrons. The summed E-state index contributed by atoms with van der Waals surface area (Å²) in [6.45, 7) is 8.40. The molecular weight excluding hydrogens is 347 g/mol. The molecule has 0 saturated carbocycles. The zero-order chi connectivity index (χ0) is 19.8. The lowest BCUT2D eigenvalue weighted by molar-refractivity contribution is -0.124. The smallest absolute Gasteiger partial charge is 0.163 e. The lowest BCUT2D eigenvalue weighted by atomic mass is 9.66. The first-order valence-electron chi connectivity index (χ1n) is 9.39. The molecule has 5 heteroatoms. The third-order valence-corrected chi connectivity index (χ3v) is 6.16. The Kier molecular flexibility index (Phi) is 5.43. The fraction of sp³-hybridized carbons (Fsp3) is 0.500. The predicted molar refractivity (Wildman–Crippen MR) is 101 cm³/mol. The van der Waals surface area contributed by atoms with Crippen LogP contribution in [0.2, 0.25) is 0 Å². The van der Waals surface area contributed by atoms with E-state index < -0.39 is 11.4 Å². The molecule has 1 heterocycles. The van der Waals surface area contributed by atoms with Gasteiger partial charge in [-0.2, -0.15) is 0 Å². The number of rotatable bonds is 6. The third-order valence-electron chi connectivity index (χ3n) is 6.16. The Balaban J connectivity index is 1.91. The van der Waals surface area contributed by atoms with Crippen LogP contribution in [0.15, 0.2) is 36.4 Å². The predicted octanol–water partition coefficient (Wildman–Crippen LogP) is 4.22. The monoisotopic (exact) mass is 374 g/mol. The second-order valence-electron chi connectivity index (χ2n) is 7.69. The lowest BCUT2D eigenvalue weighted by Crippen LogP contribution is -2.46. The van der Waals surface area contributed by atoms with E-state index in [0.29, 0.717) is 25.0 Å². The molecule has 27 heavy (non-hydrogen) atoms. The Morgan fingerprint density at radius 1 is 1.48 bits per heavy atom. The van der Waals surface area contributed by atoms with Crippen LogP contribution in [0.25, 0.3) is 0 Å². The third kappa shape index (κ3) is 3.41. The minimum atomic E-state index is -0.572. The van der Waals surface area contributed by atoms with E-state index in [1.165, 1.54) is 19.2 Å². The summed E-state index contributed by atoms with van der Waals surface area (Å²) in [5.74, 6) is -0.452. The summed E-state index contributed by atoms with van der Waals surface area (Å²) in [4.78, 5) is 12.5. The Labute approximate surface area is 159 Å². The number of allylic oxidation sites excluding steroid dienone is 2. The number of ether oxygens (including phenoxy) is 2. The Morgan fingerprint density at radius 2 is 2.22 bits per heavy atom. The number of benzene rings is 1. The van der Waals surface area contributed by atoms with Crippen LogP contribution in [0.4, 0.5) is 4.39 Å². The fourth-order valence-corrected chi connectivity index (χ4v) is 4.41. The molecule has 1 aliphatic heterocycles. The number of methoxy groups -OCH3 is 1. The molecule has 3 rings (SSSR count). The van der Waals surface area contributed by atoms with Crippen LogP contribution in [0, 0.1) is 23.6 Å².